The summed E-state index contributed by atoms with van der Waals surface area (Å²) in [4.78, 5) is 0. The number of aliphatic hydroxyl groups excluding tert-OH is 1. The summed E-state index contributed by atoms with van der Waals surface area (Å²) >= 11 is 0. The Hall–Kier alpha value is -1.22. The average Bonchev–Trinajstić information content (AvgIpc) is 2.20. The molecule has 1 unspecified atom stereocenters. The Morgan fingerprint density at radius 2 is 2.07 bits per heavy atom. The molecule has 78 valence electrons. The van der Waals surface area contributed by atoms with Crippen LogP contribution in [0.4, 0.5) is 0 Å². The summed E-state index contributed by atoms with van der Waals surface area (Å²) in [6, 6.07) is 5.70. The highest BCUT2D eigenvalue weighted by atomic mass is 16.5. The van der Waals surface area contributed by atoms with Crippen molar-refractivity contribution in [2.45, 2.75) is 20.0 Å². The summed E-state index contributed by atoms with van der Waals surface area (Å²) in [5, 5.41) is 8.85. The summed E-state index contributed by atoms with van der Waals surface area (Å²) in [6.45, 7) is 3.79. The van der Waals surface area contributed by atoms with Crippen molar-refractivity contribution in [1.29, 1.82) is 0 Å². The third-order valence-corrected chi connectivity index (χ3v) is 1.90. The van der Waals surface area contributed by atoms with Gasteiger partial charge in [0.15, 0.2) is 11.5 Å². The predicted molar refractivity (Wildman–Crippen MR) is 54.9 cm³/mol. The van der Waals surface area contributed by atoms with Gasteiger partial charge in [-0.25, -0.2) is 0 Å². The zero-order valence-electron chi connectivity index (χ0n) is 8.78. The molecule has 0 aromatic heterocycles. The molecule has 0 aliphatic carbocycles. The van der Waals surface area contributed by atoms with Crippen LogP contribution < -0.4 is 9.47 Å². The lowest BCUT2D eigenvalue weighted by Gasteiger charge is -2.15. The van der Waals surface area contributed by atoms with E-state index in [2.05, 4.69) is 0 Å². The van der Waals surface area contributed by atoms with Gasteiger partial charge in [-0.15, -0.1) is 0 Å². The number of aryl methyl sites for hydroxylation is 1. The van der Waals surface area contributed by atoms with Crippen LogP contribution in [0.2, 0.25) is 0 Å². The van der Waals surface area contributed by atoms with E-state index in [9.17, 15) is 0 Å². The minimum atomic E-state index is -0.216. The van der Waals surface area contributed by atoms with Crippen LogP contribution in [0, 0.1) is 6.92 Å². The molecule has 0 spiro atoms. The number of methoxy groups -OCH3 is 1. The van der Waals surface area contributed by atoms with Gasteiger partial charge in [0, 0.05) is 0 Å². The van der Waals surface area contributed by atoms with Crippen molar-refractivity contribution in [3.63, 3.8) is 0 Å². The Kier molecular flexibility index (Phi) is 3.77. The van der Waals surface area contributed by atoms with Crippen LogP contribution in [-0.2, 0) is 0 Å². The quantitative estimate of drug-likeness (QED) is 0.797. The molecule has 3 nitrogen and oxygen atoms in total. The normalized spacial score (nSPS) is 12.3. The first-order chi connectivity index (χ1) is 6.67. The van der Waals surface area contributed by atoms with Crippen LogP contribution in [0.5, 0.6) is 11.5 Å². The van der Waals surface area contributed by atoms with E-state index in [4.69, 9.17) is 14.6 Å². The first kappa shape index (κ1) is 10.9. The topological polar surface area (TPSA) is 38.7 Å². The highest BCUT2D eigenvalue weighted by molar-refractivity contribution is 5.42. The SMILES string of the molecule is COc1cc(C)ccc1OC(C)CO. The van der Waals surface area contributed by atoms with Crippen molar-refractivity contribution < 1.29 is 14.6 Å². The van der Waals surface area contributed by atoms with Crippen molar-refractivity contribution >= 4 is 0 Å². The number of benzene rings is 1. The number of aliphatic hydroxyl groups is 1. The van der Waals surface area contributed by atoms with Gasteiger partial charge in [-0.05, 0) is 31.5 Å². The molecule has 0 saturated heterocycles. The van der Waals surface area contributed by atoms with Gasteiger partial charge in [-0.3, -0.25) is 0 Å². The van der Waals surface area contributed by atoms with Crippen molar-refractivity contribution in [2.75, 3.05) is 13.7 Å². The lowest BCUT2D eigenvalue weighted by molar-refractivity contribution is 0.126. The average molecular weight is 196 g/mol. The third-order valence-electron chi connectivity index (χ3n) is 1.90. The fourth-order valence-electron chi connectivity index (χ4n) is 1.13. The van der Waals surface area contributed by atoms with Crippen LogP contribution >= 0.6 is 0 Å². The summed E-state index contributed by atoms with van der Waals surface area (Å²) in [6.07, 6.45) is -0.216. The Morgan fingerprint density at radius 3 is 2.64 bits per heavy atom. The molecular formula is C11H16O3. The van der Waals surface area contributed by atoms with Crippen molar-refractivity contribution in [3.8, 4) is 11.5 Å². The van der Waals surface area contributed by atoms with E-state index in [-0.39, 0.29) is 12.7 Å². The molecule has 0 heterocycles. The summed E-state index contributed by atoms with van der Waals surface area (Å²) in [5.41, 5.74) is 1.12. The minimum absolute atomic E-state index is 0.00295. The zero-order chi connectivity index (χ0) is 10.6. The Balaban J connectivity index is 2.85. The first-order valence-corrected chi connectivity index (χ1v) is 4.59. The van der Waals surface area contributed by atoms with Gasteiger partial charge in [0.25, 0.3) is 0 Å². The molecule has 1 N–H and O–H groups in total. The number of hydrogen-bond acceptors (Lipinski definition) is 3. The van der Waals surface area contributed by atoms with Gasteiger partial charge in [0.2, 0.25) is 0 Å². The maximum atomic E-state index is 8.85. The molecule has 0 radical (unpaired) electrons. The molecule has 0 aliphatic heterocycles. The Labute approximate surface area is 84.3 Å². The molecule has 14 heavy (non-hydrogen) atoms. The van der Waals surface area contributed by atoms with Crippen molar-refractivity contribution in [1.82, 2.24) is 0 Å². The zero-order valence-corrected chi connectivity index (χ0v) is 8.78. The standard InChI is InChI=1S/C11H16O3/c1-8-4-5-10(11(6-8)13-3)14-9(2)7-12/h4-6,9,12H,7H2,1-3H3. The molecule has 1 atom stereocenters. The molecule has 0 amide bonds. The largest absolute Gasteiger partial charge is 0.493 e. The molecule has 0 saturated carbocycles. The van der Waals surface area contributed by atoms with E-state index in [0.29, 0.717) is 11.5 Å². The maximum absolute atomic E-state index is 8.85. The highest BCUT2D eigenvalue weighted by Crippen LogP contribution is 2.28. The number of ether oxygens (including phenoxy) is 2. The molecular weight excluding hydrogens is 180 g/mol. The lowest BCUT2D eigenvalue weighted by atomic mass is 10.2. The summed E-state index contributed by atoms with van der Waals surface area (Å²) in [5.74, 6) is 1.37. The van der Waals surface area contributed by atoms with Gasteiger partial charge in [0.05, 0.1) is 13.7 Å². The number of hydrogen-bond donors (Lipinski definition) is 1. The van der Waals surface area contributed by atoms with E-state index < -0.39 is 0 Å². The van der Waals surface area contributed by atoms with E-state index in [0.717, 1.165) is 5.56 Å². The Bertz CT molecular complexity index is 297. The predicted octanol–water partition coefficient (Wildman–Crippen LogP) is 1.76. The molecule has 0 bridgehead atoms. The van der Waals surface area contributed by atoms with Gasteiger partial charge in [-0.2, -0.15) is 0 Å². The number of rotatable bonds is 4. The molecule has 0 fully saturated rings. The van der Waals surface area contributed by atoms with Crippen molar-refractivity contribution in [3.05, 3.63) is 23.8 Å². The van der Waals surface area contributed by atoms with E-state index in [1.54, 1.807) is 14.0 Å². The van der Waals surface area contributed by atoms with E-state index in [1.165, 1.54) is 0 Å². The minimum Gasteiger partial charge on any atom is -0.493 e. The van der Waals surface area contributed by atoms with E-state index in [1.807, 2.05) is 25.1 Å². The molecule has 1 aromatic rings. The van der Waals surface area contributed by atoms with Gasteiger partial charge in [0.1, 0.15) is 6.10 Å². The molecule has 3 heteroatoms. The second kappa shape index (κ2) is 4.86. The molecule has 1 rings (SSSR count). The lowest BCUT2D eigenvalue weighted by Crippen LogP contribution is -2.16. The van der Waals surface area contributed by atoms with Gasteiger partial charge in [-0.1, -0.05) is 6.07 Å². The second-order valence-corrected chi connectivity index (χ2v) is 3.27. The highest BCUT2D eigenvalue weighted by Gasteiger charge is 2.07. The van der Waals surface area contributed by atoms with Crippen LogP contribution in [0.1, 0.15) is 12.5 Å². The monoisotopic (exact) mass is 196 g/mol. The fraction of sp³-hybridized carbons (Fsp3) is 0.455. The van der Waals surface area contributed by atoms with Crippen LogP contribution in [-0.4, -0.2) is 24.9 Å². The van der Waals surface area contributed by atoms with Crippen LogP contribution in [0.15, 0.2) is 18.2 Å². The first-order valence-electron chi connectivity index (χ1n) is 4.59. The van der Waals surface area contributed by atoms with Crippen LogP contribution in [0.25, 0.3) is 0 Å². The Morgan fingerprint density at radius 1 is 1.36 bits per heavy atom. The third kappa shape index (κ3) is 2.64. The van der Waals surface area contributed by atoms with Crippen LogP contribution in [0.3, 0.4) is 0 Å². The van der Waals surface area contributed by atoms with E-state index >= 15 is 0 Å². The summed E-state index contributed by atoms with van der Waals surface area (Å²) in [7, 11) is 1.60. The fourth-order valence-corrected chi connectivity index (χ4v) is 1.13. The van der Waals surface area contributed by atoms with Crippen molar-refractivity contribution in [2.24, 2.45) is 0 Å². The molecule has 0 aliphatic rings. The van der Waals surface area contributed by atoms with Gasteiger partial charge < -0.3 is 14.6 Å². The molecule has 1 aromatic carbocycles. The maximum Gasteiger partial charge on any atom is 0.161 e. The summed E-state index contributed by atoms with van der Waals surface area (Å²) < 4.78 is 10.6. The smallest absolute Gasteiger partial charge is 0.161 e. The second-order valence-electron chi connectivity index (χ2n) is 3.27. The van der Waals surface area contributed by atoms with Gasteiger partial charge >= 0.3 is 0 Å².